The SMILES string of the molecule is O=C1N[C@H](c2ccc(Cl)cc2)O[C@H]2CCCCC[C@H]12. The first kappa shape index (κ1) is 12.9. The zero-order valence-electron chi connectivity index (χ0n) is 10.8. The Labute approximate surface area is 118 Å². The maximum absolute atomic E-state index is 12.2. The highest BCUT2D eigenvalue weighted by Crippen LogP contribution is 2.33. The fourth-order valence-corrected chi connectivity index (χ4v) is 3.11. The summed E-state index contributed by atoms with van der Waals surface area (Å²) in [5.41, 5.74) is 0.959. The first-order chi connectivity index (χ1) is 9.24. The van der Waals surface area contributed by atoms with Gasteiger partial charge >= 0.3 is 0 Å². The number of ether oxygens (including phenoxy) is 1. The van der Waals surface area contributed by atoms with Crippen LogP contribution in [0.15, 0.2) is 24.3 Å². The second kappa shape index (κ2) is 5.51. The summed E-state index contributed by atoms with van der Waals surface area (Å²) in [5, 5.41) is 3.67. The average Bonchev–Trinajstić information content (AvgIpc) is 2.65. The van der Waals surface area contributed by atoms with Crippen LogP contribution in [0.25, 0.3) is 0 Å². The van der Waals surface area contributed by atoms with E-state index < -0.39 is 0 Å². The van der Waals surface area contributed by atoms with Crippen LogP contribution in [-0.4, -0.2) is 12.0 Å². The fourth-order valence-electron chi connectivity index (χ4n) is 2.98. The number of carbonyl (C=O) groups is 1. The molecular weight excluding hydrogens is 262 g/mol. The number of benzene rings is 1. The minimum absolute atomic E-state index is 0.0334. The molecule has 19 heavy (non-hydrogen) atoms. The number of hydrogen-bond acceptors (Lipinski definition) is 2. The molecule has 0 bridgehead atoms. The summed E-state index contributed by atoms with van der Waals surface area (Å²) < 4.78 is 6.09. The number of hydrogen-bond donors (Lipinski definition) is 1. The molecule has 3 nitrogen and oxygen atoms in total. The lowest BCUT2D eigenvalue weighted by atomic mass is 9.94. The highest BCUT2D eigenvalue weighted by Gasteiger charge is 2.38. The van der Waals surface area contributed by atoms with Crippen molar-refractivity contribution in [2.75, 3.05) is 0 Å². The zero-order valence-corrected chi connectivity index (χ0v) is 11.5. The molecule has 2 fully saturated rings. The van der Waals surface area contributed by atoms with E-state index in [4.69, 9.17) is 16.3 Å². The molecule has 4 heteroatoms. The molecule has 1 N–H and O–H groups in total. The predicted molar refractivity (Wildman–Crippen MR) is 73.8 cm³/mol. The third kappa shape index (κ3) is 2.77. The predicted octanol–water partition coefficient (Wildman–Crippen LogP) is 3.43. The van der Waals surface area contributed by atoms with Gasteiger partial charge in [-0.1, -0.05) is 43.0 Å². The number of rotatable bonds is 1. The van der Waals surface area contributed by atoms with Crippen LogP contribution in [0.1, 0.15) is 43.9 Å². The Balaban J connectivity index is 1.78. The van der Waals surface area contributed by atoms with E-state index >= 15 is 0 Å². The Morgan fingerprint density at radius 2 is 1.84 bits per heavy atom. The molecule has 2 aliphatic rings. The van der Waals surface area contributed by atoms with Crippen LogP contribution >= 0.6 is 11.6 Å². The largest absolute Gasteiger partial charge is 0.350 e. The monoisotopic (exact) mass is 279 g/mol. The van der Waals surface area contributed by atoms with E-state index in [1.807, 2.05) is 24.3 Å². The summed E-state index contributed by atoms with van der Waals surface area (Å²) in [4.78, 5) is 12.2. The molecule has 3 atom stereocenters. The second-order valence-electron chi connectivity index (χ2n) is 5.36. The van der Waals surface area contributed by atoms with Gasteiger partial charge in [0.25, 0.3) is 0 Å². The number of halogens is 1. The summed E-state index contributed by atoms with van der Waals surface area (Å²) >= 11 is 5.88. The zero-order chi connectivity index (χ0) is 13.2. The number of amides is 1. The van der Waals surface area contributed by atoms with E-state index in [0.29, 0.717) is 5.02 Å². The fraction of sp³-hybridized carbons (Fsp3) is 0.533. The van der Waals surface area contributed by atoms with Crippen molar-refractivity contribution >= 4 is 17.5 Å². The van der Waals surface area contributed by atoms with E-state index in [9.17, 15) is 4.79 Å². The van der Waals surface area contributed by atoms with Crippen LogP contribution in [0.3, 0.4) is 0 Å². The van der Waals surface area contributed by atoms with Crippen LogP contribution in [0.5, 0.6) is 0 Å². The van der Waals surface area contributed by atoms with Gasteiger partial charge in [0, 0.05) is 10.6 Å². The van der Waals surface area contributed by atoms with Crippen LogP contribution < -0.4 is 5.32 Å². The van der Waals surface area contributed by atoms with Crippen molar-refractivity contribution in [3.05, 3.63) is 34.9 Å². The van der Waals surface area contributed by atoms with E-state index in [-0.39, 0.29) is 24.2 Å². The molecular formula is C15H18ClNO2. The second-order valence-corrected chi connectivity index (χ2v) is 5.80. The molecule has 1 heterocycles. The van der Waals surface area contributed by atoms with Gasteiger partial charge in [-0.3, -0.25) is 4.79 Å². The standard InChI is InChI=1S/C15H18ClNO2/c16-11-8-6-10(7-9-11)15-17-14(18)12-4-2-1-3-5-13(12)19-15/h6-9,12-13,15H,1-5H2,(H,17,18)/t12-,13-,15-/m0/s1. The normalized spacial score (nSPS) is 31.2. The molecule has 1 saturated heterocycles. The number of carbonyl (C=O) groups excluding carboxylic acids is 1. The lowest BCUT2D eigenvalue weighted by Crippen LogP contribution is -2.48. The summed E-state index contributed by atoms with van der Waals surface area (Å²) in [6.07, 6.45) is 5.16. The van der Waals surface area contributed by atoms with E-state index in [1.165, 1.54) is 6.42 Å². The summed E-state index contributed by atoms with van der Waals surface area (Å²) in [6, 6.07) is 7.46. The Morgan fingerprint density at radius 3 is 2.63 bits per heavy atom. The van der Waals surface area contributed by atoms with Gasteiger partial charge in [0.05, 0.1) is 12.0 Å². The Hall–Kier alpha value is -1.06. The molecule has 0 aromatic heterocycles. The molecule has 0 radical (unpaired) electrons. The van der Waals surface area contributed by atoms with Crippen LogP contribution in [0.4, 0.5) is 0 Å². The van der Waals surface area contributed by atoms with Crippen LogP contribution in [0.2, 0.25) is 5.02 Å². The number of nitrogens with one attached hydrogen (secondary N) is 1. The third-order valence-electron chi connectivity index (χ3n) is 4.05. The summed E-state index contributed by atoms with van der Waals surface area (Å²) in [7, 11) is 0. The maximum atomic E-state index is 12.2. The van der Waals surface area contributed by atoms with Gasteiger partial charge in [-0.05, 0) is 25.0 Å². The first-order valence-corrected chi connectivity index (χ1v) is 7.33. The molecule has 1 amide bonds. The molecule has 3 rings (SSSR count). The topological polar surface area (TPSA) is 38.3 Å². The van der Waals surface area contributed by atoms with Crippen molar-refractivity contribution in [1.29, 1.82) is 0 Å². The Bertz CT molecular complexity index is 460. The highest BCUT2D eigenvalue weighted by atomic mass is 35.5. The quantitative estimate of drug-likeness (QED) is 0.855. The molecule has 102 valence electrons. The summed E-state index contributed by atoms with van der Waals surface area (Å²) in [6.45, 7) is 0. The molecule has 1 saturated carbocycles. The minimum Gasteiger partial charge on any atom is -0.350 e. The van der Waals surface area contributed by atoms with E-state index in [0.717, 1.165) is 31.2 Å². The van der Waals surface area contributed by atoms with Gasteiger partial charge < -0.3 is 10.1 Å². The first-order valence-electron chi connectivity index (χ1n) is 6.95. The van der Waals surface area contributed by atoms with Crippen molar-refractivity contribution < 1.29 is 9.53 Å². The van der Waals surface area contributed by atoms with Crippen molar-refractivity contribution in [1.82, 2.24) is 5.32 Å². The highest BCUT2D eigenvalue weighted by molar-refractivity contribution is 6.30. The van der Waals surface area contributed by atoms with Gasteiger partial charge in [-0.2, -0.15) is 0 Å². The summed E-state index contributed by atoms with van der Waals surface area (Å²) in [5.74, 6) is 0.171. The van der Waals surface area contributed by atoms with Crippen LogP contribution in [-0.2, 0) is 9.53 Å². The van der Waals surface area contributed by atoms with Crippen molar-refractivity contribution in [2.24, 2.45) is 5.92 Å². The van der Waals surface area contributed by atoms with Gasteiger partial charge in [-0.15, -0.1) is 0 Å². The van der Waals surface area contributed by atoms with Gasteiger partial charge in [-0.25, -0.2) is 0 Å². The molecule has 1 aliphatic heterocycles. The lowest BCUT2D eigenvalue weighted by molar-refractivity contribution is -0.155. The average molecular weight is 280 g/mol. The van der Waals surface area contributed by atoms with Crippen molar-refractivity contribution in [3.8, 4) is 0 Å². The molecule has 1 aromatic rings. The Morgan fingerprint density at radius 1 is 1.11 bits per heavy atom. The maximum Gasteiger partial charge on any atom is 0.227 e. The molecule has 0 spiro atoms. The molecule has 1 aromatic carbocycles. The smallest absolute Gasteiger partial charge is 0.227 e. The van der Waals surface area contributed by atoms with E-state index in [1.54, 1.807) is 0 Å². The Kier molecular flexibility index (Phi) is 3.76. The molecule has 1 aliphatic carbocycles. The van der Waals surface area contributed by atoms with Crippen molar-refractivity contribution in [3.63, 3.8) is 0 Å². The number of fused-ring (bicyclic) bond motifs is 1. The van der Waals surface area contributed by atoms with Gasteiger partial charge in [0.1, 0.15) is 0 Å². The van der Waals surface area contributed by atoms with Gasteiger partial charge in [0.15, 0.2) is 6.23 Å². The third-order valence-corrected chi connectivity index (χ3v) is 4.30. The lowest BCUT2D eigenvalue weighted by Gasteiger charge is -2.35. The van der Waals surface area contributed by atoms with E-state index in [2.05, 4.69) is 5.32 Å². The van der Waals surface area contributed by atoms with Crippen LogP contribution in [0, 0.1) is 5.92 Å². The van der Waals surface area contributed by atoms with Gasteiger partial charge in [0.2, 0.25) is 5.91 Å². The minimum atomic E-state index is -0.330. The van der Waals surface area contributed by atoms with Crippen molar-refractivity contribution in [2.45, 2.75) is 44.4 Å². The molecule has 0 unspecified atom stereocenters.